The van der Waals surface area contributed by atoms with E-state index in [0.29, 0.717) is 11.5 Å². The smallest absolute Gasteiger partial charge is 0.194 e. The van der Waals surface area contributed by atoms with Crippen LogP contribution in [0.25, 0.3) is 21.9 Å². The normalized spacial score (nSPS) is 14.3. The summed E-state index contributed by atoms with van der Waals surface area (Å²) in [5.41, 5.74) is 5.11. The Morgan fingerprint density at radius 1 is 0.909 bits per heavy atom. The van der Waals surface area contributed by atoms with Crippen LogP contribution < -0.4 is 24.8 Å². The number of rotatable bonds is 1. The van der Waals surface area contributed by atoms with Crippen molar-refractivity contribution in [1.82, 2.24) is 0 Å². The average molecular weight is 587 g/mol. The van der Waals surface area contributed by atoms with E-state index in [-0.39, 0.29) is 35.8 Å². The molecule has 0 aromatic heterocycles. The van der Waals surface area contributed by atoms with Crippen LogP contribution in [0.2, 0.25) is 13.1 Å². The molecule has 0 fully saturated rings. The molecule has 1 aliphatic carbocycles. The van der Waals surface area contributed by atoms with Gasteiger partial charge in [0.05, 0.1) is 0 Å². The first kappa shape index (κ1) is 32.0. The molecule has 0 saturated carbocycles. The molecule has 7 heteroatoms. The van der Waals surface area contributed by atoms with Crippen LogP contribution in [0.15, 0.2) is 65.3 Å². The molecule has 1 aliphatic rings. The standard InChI is InChI=1S/C15H8F3.C9H13.C2H6Si.2ClH.Zr/c16-13-8-7-12(14(17)15(13)18)11-6-5-9-3-1-2-4-10(9)11;1-6-5-7(2)9(4)8(6)3;1-3-2;;;/h1-8H;6H,1-4H3;1-2H3;2*1H;/q2*-1;;;;+2/p-2. The van der Waals surface area contributed by atoms with Gasteiger partial charge in [-0.2, -0.15) is 11.1 Å². The summed E-state index contributed by atoms with van der Waals surface area (Å²) in [6.07, 6.45) is 3.36. The second-order valence-electron chi connectivity index (χ2n) is 7.86. The average Bonchev–Trinajstić information content (AvgIpc) is 3.23. The van der Waals surface area contributed by atoms with Gasteiger partial charge in [-0.25, -0.2) is 18.7 Å². The summed E-state index contributed by atoms with van der Waals surface area (Å²) in [5, 5.41) is 1.76. The van der Waals surface area contributed by atoms with Gasteiger partial charge in [0.1, 0.15) is 0 Å². The van der Waals surface area contributed by atoms with Crippen LogP contribution in [-0.2, 0) is 23.3 Å². The number of hydrogen-bond donors (Lipinski definition) is 0. The van der Waals surface area contributed by atoms with Crippen molar-refractivity contribution in [3.8, 4) is 11.1 Å². The third kappa shape index (κ3) is 8.31. The third-order valence-electron chi connectivity index (χ3n) is 5.24. The van der Waals surface area contributed by atoms with Gasteiger partial charge in [0.2, 0.25) is 0 Å². The van der Waals surface area contributed by atoms with Crippen molar-refractivity contribution in [2.24, 2.45) is 5.92 Å². The Morgan fingerprint density at radius 3 is 1.97 bits per heavy atom. The Balaban J connectivity index is 0.000000580. The molecule has 0 heterocycles. The first-order chi connectivity index (χ1) is 14.5. The van der Waals surface area contributed by atoms with Gasteiger partial charge in [-0.05, 0) is 11.6 Å². The molecule has 4 rings (SSSR count). The Labute approximate surface area is 222 Å². The molecule has 0 nitrogen and oxygen atoms in total. The van der Waals surface area contributed by atoms with Gasteiger partial charge in [0.25, 0.3) is 0 Å². The van der Waals surface area contributed by atoms with E-state index in [1.54, 1.807) is 29.4 Å². The Kier molecular flexibility index (Phi) is 14.0. The van der Waals surface area contributed by atoms with Gasteiger partial charge in [0, 0.05) is 0 Å². The first-order valence-electron chi connectivity index (χ1n) is 10.1. The fourth-order valence-corrected chi connectivity index (χ4v) is 3.28. The quantitative estimate of drug-likeness (QED) is 0.233. The van der Waals surface area contributed by atoms with Crippen molar-refractivity contribution < 1.29 is 61.3 Å². The molecule has 33 heavy (non-hydrogen) atoms. The van der Waals surface area contributed by atoms with Gasteiger partial charge in [0.15, 0.2) is 17.5 Å². The van der Waals surface area contributed by atoms with E-state index in [1.807, 2.05) is 30.3 Å². The van der Waals surface area contributed by atoms with Gasteiger partial charge in [-0.1, -0.05) is 38.8 Å². The summed E-state index contributed by atoms with van der Waals surface area (Å²) in [6.45, 7) is 13.3. The van der Waals surface area contributed by atoms with Gasteiger partial charge >= 0.3 is 41.9 Å². The maximum absolute atomic E-state index is 13.7. The Morgan fingerprint density at radius 2 is 1.48 bits per heavy atom. The van der Waals surface area contributed by atoms with Crippen molar-refractivity contribution >= 4 is 16.2 Å². The van der Waals surface area contributed by atoms with Crippen molar-refractivity contribution in [2.45, 2.75) is 40.8 Å². The second-order valence-corrected chi connectivity index (χ2v) is 17.2. The summed E-state index contributed by atoms with van der Waals surface area (Å²) in [7, 11) is 0. The van der Waals surface area contributed by atoms with E-state index in [9.17, 15) is 13.2 Å². The predicted molar refractivity (Wildman–Crippen MR) is 122 cm³/mol. The summed E-state index contributed by atoms with van der Waals surface area (Å²) in [5.74, 6) is -3.19. The zero-order valence-corrected chi connectivity index (χ0v) is 24.6. The zero-order chi connectivity index (χ0) is 23.3. The maximum atomic E-state index is 13.7. The Hall–Kier alpha value is -1.00. The molecule has 0 spiro atoms. The fraction of sp³-hybridized carbons (Fsp3) is 0.269. The predicted octanol–water partition coefficient (Wildman–Crippen LogP) is 2.16. The zero-order valence-electron chi connectivity index (χ0n) is 19.6. The van der Waals surface area contributed by atoms with E-state index in [0.717, 1.165) is 16.8 Å². The van der Waals surface area contributed by atoms with Crippen LogP contribution in [0.5, 0.6) is 0 Å². The summed E-state index contributed by atoms with van der Waals surface area (Å²) in [6, 6.07) is 13.1. The van der Waals surface area contributed by atoms with E-state index in [1.165, 1.54) is 22.8 Å². The largest absolute Gasteiger partial charge is 1.00 e. The number of allylic oxidation sites excluding steroid dienone is 4. The number of halogens is 5. The minimum absolute atomic E-state index is 0. The van der Waals surface area contributed by atoms with Gasteiger partial charge in [-0.15, -0.1) is 53.6 Å². The van der Waals surface area contributed by atoms with Crippen molar-refractivity contribution in [2.75, 3.05) is 0 Å². The molecule has 0 bridgehead atoms. The van der Waals surface area contributed by atoms with E-state index in [2.05, 4.69) is 46.9 Å². The SMILES string of the molecule is CC1=[C-]C(C)C(C)=C1C.C[Si](C)=[Zr+2].Fc1ccc(-c2c[cH-]c3ccccc23)c(F)c1F.[Cl-].[Cl-]. The fourth-order valence-electron chi connectivity index (χ4n) is 3.28. The molecule has 0 N–H and O–H groups in total. The van der Waals surface area contributed by atoms with Crippen molar-refractivity contribution in [3.63, 3.8) is 0 Å². The third-order valence-corrected chi connectivity index (χ3v) is 5.24. The minimum Gasteiger partial charge on any atom is -1.00 e. The van der Waals surface area contributed by atoms with Crippen molar-refractivity contribution in [1.29, 1.82) is 0 Å². The molecule has 0 amide bonds. The van der Waals surface area contributed by atoms with Crippen LogP contribution >= 0.6 is 0 Å². The second kappa shape index (κ2) is 14.4. The summed E-state index contributed by atoms with van der Waals surface area (Å²) >= 11 is 1.74. The number of hydrogen-bond acceptors (Lipinski definition) is 0. The first-order valence-corrected chi connectivity index (χ1v) is 16.3. The molecule has 0 aliphatic heterocycles. The van der Waals surface area contributed by atoms with Crippen LogP contribution in [0.1, 0.15) is 27.7 Å². The molecule has 3 aromatic rings. The van der Waals surface area contributed by atoms with E-state index >= 15 is 0 Å². The Bertz CT molecular complexity index is 1160. The molecule has 0 radical (unpaired) electrons. The van der Waals surface area contributed by atoms with Crippen LogP contribution in [-0.4, -0.2) is 5.43 Å². The molecule has 1 unspecified atom stereocenters. The van der Waals surface area contributed by atoms with Gasteiger partial charge in [-0.3, -0.25) is 6.08 Å². The van der Waals surface area contributed by atoms with Gasteiger partial charge < -0.3 is 24.8 Å². The minimum atomic E-state index is -1.43. The number of fused-ring (bicyclic) bond motifs is 1. The molecule has 176 valence electrons. The van der Waals surface area contributed by atoms with Crippen molar-refractivity contribution in [3.05, 3.63) is 88.8 Å². The topological polar surface area (TPSA) is 0 Å². The summed E-state index contributed by atoms with van der Waals surface area (Å²) < 4.78 is 39.9. The molecule has 1 atom stereocenters. The van der Waals surface area contributed by atoms with Crippen LogP contribution in [0.4, 0.5) is 13.2 Å². The monoisotopic (exact) mass is 584 g/mol. The van der Waals surface area contributed by atoms with Crippen LogP contribution in [0.3, 0.4) is 0 Å². The molecule has 0 saturated heterocycles. The maximum Gasteiger partial charge on any atom is 0.194 e. The number of benzene rings is 2. The molecular weight excluding hydrogens is 559 g/mol. The van der Waals surface area contributed by atoms with E-state index in [4.69, 9.17) is 0 Å². The van der Waals surface area contributed by atoms with E-state index < -0.39 is 17.5 Å². The van der Waals surface area contributed by atoms with Crippen LogP contribution in [0, 0.1) is 29.4 Å². The molecular formula is C26H27Cl2F3SiZr-2. The summed E-state index contributed by atoms with van der Waals surface area (Å²) in [4.78, 5) is 0. The molecule has 3 aromatic carbocycles.